The zero-order valence-electron chi connectivity index (χ0n) is 10.4. The van der Waals surface area contributed by atoms with Crippen LogP contribution in [0.5, 0.6) is 0 Å². The maximum atomic E-state index is 11.5. The highest BCUT2D eigenvalue weighted by Crippen LogP contribution is 2.22. The van der Waals surface area contributed by atoms with Crippen LogP contribution < -0.4 is 10.6 Å². The van der Waals surface area contributed by atoms with Crippen molar-refractivity contribution in [3.8, 4) is 11.4 Å². The Balaban J connectivity index is 1.93. The van der Waals surface area contributed by atoms with Crippen LogP contribution in [0, 0.1) is 0 Å². The first-order valence-corrected chi connectivity index (χ1v) is 6.58. The Labute approximate surface area is 114 Å². The molecule has 0 unspecified atom stereocenters. The van der Waals surface area contributed by atoms with Gasteiger partial charge in [-0.15, -0.1) is 11.3 Å². The van der Waals surface area contributed by atoms with Crippen LogP contribution in [0.25, 0.3) is 11.4 Å². The summed E-state index contributed by atoms with van der Waals surface area (Å²) in [4.78, 5) is 20.0. The molecule has 0 atom stereocenters. The molecule has 7 heteroatoms. The monoisotopic (exact) mass is 278 g/mol. The first kappa shape index (κ1) is 13.4. The zero-order valence-corrected chi connectivity index (χ0v) is 11.2. The van der Waals surface area contributed by atoms with Crippen molar-refractivity contribution < 1.29 is 9.53 Å². The van der Waals surface area contributed by atoms with E-state index in [1.165, 1.54) is 11.3 Å². The second kappa shape index (κ2) is 6.81. The van der Waals surface area contributed by atoms with Crippen molar-refractivity contribution in [2.75, 3.05) is 25.6 Å². The summed E-state index contributed by atoms with van der Waals surface area (Å²) in [6.45, 7) is 0.936. The number of rotatable bonds is 5. The van der Waals surface area contributed by atoms with Crippen LogP contribution in [0.2, 0.25) is 0 Å². The minimum absolute atomic E-state index is 0.293. The van der Waals surface area contributed by atoms with E-state index in [4.69, 9.17) is 4.74 Å². The third kappa shape index (κ3) is 4.01. The SMILES string of the molecule is COCCNC(=O)Nc1nc(-c2ccccn2)cs1. The number of carbonyl (C=O) groups excluding carboxylic acids is 1. The summed E-state index contributed by atoms with van der Waals surface area (Å²) in [5.74, 6) is 0. The Morgan fingerprint density at radius 1 is 1.42 bits per heavy atom. The van der Waals surface area contributed by atoms with Crippen LogP contribution in [0.3, 0.4) is 0 Å². The van der Waals surface area contributed by atoms with Gasteiger partial charge in [0.25, 0.3) is 0 Å². The van der Waals surface area contributed by atoms with Gasteiger partial charge in [0, 0.05) is 25.2 Å². The minimum atomic E-state index is -0.293. The lowest BCUT2D eigenvalue weighted by Crippen LogP contribution is -2.31. The number of aromatic nitrogens is 2. The van der Waals surface area contributed by atoms with Crippen LogP contribution in [0.4, 0.5) is 9.93 Å². The maximum absolute atomic E-state index is 11.5. The molecule has 0 saturated heterocycles. The first-order valence-electron chi connectivity index (χ1n) is 5.70. The highest BCUT2D eigenvalue weighted by Gasteiger charge is 2.07. The van der Waals surface area contributed by atoms with Crippen LogP contribution >= 0.6 is 11.3 Å². The number of nitrogens with one attached hydrogen (secondary N) is 2. The molecule has 0 aromatic carbocycles. The van der Waals surface area contributed by atoms with Crippen molar-refractivity contribution in [3.05, 3.63) is 29.8 Å². The van der Waals surface area contributed by atoms with Crippen LogP contribution in [-0.4, -0.2) is 36.3 Å². The van der Waals surface area contributed by atoms with Gasteiger partial charge >= 0.3 is 6.03 Å². The molecule has 2 aromatic rings. The van der Waals surface area contributed by atoms with Gasteiger partial charge in [-0.2, -0.15) is 0 Å². The molecule has 100 valence electrons. The number of ether oxygens (including phenoxy) is 1. The maximum Gasteiger partial charge on any atom is 0.321 e. The molecule has 2 amide bonds. The number of nitrogens with zero attached hydrogens (tertiary/aromatic N) is 2. The number of hydrogen-bond donors (Lipinski definition) is 2. The van der Waals surface area contributed by atoms with E-state index >= 15 is 0 Å². The van der Waals surface area contributed by atoms with E-state index in [-0.39, 0.29) is 6.03 Å². The van der Waals surface area contributed by atoms with Gasteiger partial charge in [0.15, 0.2) is 5.13 Å². The number of methoxy groups -OCH3 is 1. The van der Waals surface area contributed by atoms with Gasteiger partial charge in [-0.25, -0.2) is 9.78 Å². The normalized spacial score (nSPS) is 10.2. The molecule has 0 spiro atoms. The zero-order chi connectivity index (χ0) is 13.5. The fraction of sp³-hybridized carbons (Fsp3) is 0.250. The molecule has 2 rings (SSSR count). The van der Waals surface area contributed by atoms with Crippen molar-refractivity contribution in [1.29, 1.82) is 0 Å². The average molecular weight is 278 g/mol. The lowest BCUT2D eigenvalue weighted by atomic mass is 10.3. The lowest BCUT2D eigenvalue weighted by Gasteiger charge is -2.03. The number of urea groups is 1. The Kier molecular flexibility index (Phi) is 4.82. The van der Waals surface area contributed by atoms with Crippen molar-refractivity contribution >= 4 is 22.5 Å². The summed E-state index contributed by atoms with van der Waals surface area (Å²) in [6.07, 6.45) is 1.71. The van der Waals surface area contributed by atoms with Gasteiger partial charge in [-0.05, 0) is 12.1 Å². The summed E-state index contributed by atoms with van der Waals surface area (Å²) in [5.41, 5.74) is 1.53. The standard InChI is InChI=1S/C12H14N4O2S/c1-18-7-6-14-11(17)16-12-15-10(8-19-12)9-4-2-3-5-13-9/h2-5,8H,6-7H2,1H3,(H2,14,15,16,17). The van der Waals surface area contributed by atoms with Crippen molar-refractivity contribution in [2.45, 2.75) is 0 Å². The molecule has 0 radical (unpaired) electrons. The molecular formula is C12H14N4O2S. The number of thiazole rings is 1. The molecule has 0 aliphatic heterocycles. The molecule has 0 aliphatic rings. The van der Waals surface area contributed by atoms with Gasteiger partial charge in [0.1, 0.15) is 5.69 Å². The van der Waals surface area contributed by atoms with E-state index in [9.17, 15) is 4.79 Å². The van der Waals surface area contributed by atoms with Gasteiger partial charge in [0.2, 0.25) is 0 Å². The molecule has 2 heterocycles. The van der Waals surface area contributed by atoms with E-state index in [1.54, 1.807) is 13.3 Å². The first-order chi connectivity index (χ1) is 9.29. The predicted octanol–water partition coefficient (Wildman–Crippen LogP) is 1.97. The van der Waals surface area contributed by atoms with E-state index in [1.807, 2.05) is 23.6 Å². The number of carbonyl (C=O) groups is 1. The largest absolute Gasteiger partial charge is 0.383 e. The highest BCUT2D eigenvalue weighted by atomic mass is 32.1. The van der Waals surface area contributed by atoms with Crippen LogP contribution in [0.15, 0.2) is 29.8 Å². The van der Waals surface area contributed by atoms with Gasteiger partial charge < -0.3 is 10.1 Å². The minimum Gasteiger partial charge on any atom is -0.383 e. The number of hydrogen-bond acceptors (Lipinski definition) is 5. The van der Waals surface area contributed by atoms with Crippen molar-refractivity contribution in [2.24, 2.45) is 0 Å². The van der Waals surface area contributed by atoms with Gasteiger partial charge in [-0.1, -0.05) is 6.07 Å². The van der Waals surface area contributed by atoms with E-state index in [0.717, 1.165) is 11.4 Å². The lowest BCUT2D eigenvalue weighted by molar-refractivity contribution is 0.198. The fourth-order valence-corrected chi connectivity index (χ4v) is 2.07. The summed E-state index contributed by atoms with van der Waals surface area (Å²) in [6, 6.07) is 5.32. The predicted molar refractivity (Wildman–Crippen MR) is 74.2 cm³/mol. The fourth-order valence-electron chi connectivity index (χ4n) is 1.37. The van der Waals surface area contributed by atoms with Gasteiger partial charge in [0.05, 0.1) is 12.3 Å². The smallest absolute Gasteiger partial charge is 0.321 e. The Morgan fingerprint density at radius 3 is 3.05 bits per heavy atom. The number of anilines is 1. The molecule has 19 heavy (non-hydrogen) atoms. The topological polar surface area (TPSA) is 76.1 Å². The summed E-state index contributed by atoms with van der Waals surface area (Å²) in [7, 11) is 1.58. The van der Waals surface area contributed by atoms with Crippen molar-refractivity contribution in [3.63, 3.8) is 0 Å². The molecule has 0 bridgehead atoms. The van der Waals surface area contributed by atoms with Crippen molar-refractivity contribution in [1.82, 2.24) is 15.3 Å². The van der Waals surface area contributed by atoms with Gasteiger partial charge in [-0.3, -0.25) is 10.3 Å². The Morgan fingerprint density at radius 2 is 2.32 bits per heavy atom. The quantitative estimate of drug-likeness (QED) is 0.820. The summed E-state index contributed by atoms with van der Waals surface area (Å²) >= 11 is 1.36. The van der Waals surface area contributed by atoms with E-state index < -0.39 is 0 Å². The average Bonchev–Trinajstić information content (AvgIpc) is 2.88. The highest BCUT2D eigenvalue weighted by molar-refractivity contribution is 7.14. The number of pyridine rings is 1. The third-order valence-electron chi connectivity index (χ3n) is 2.24. The second-order valence-corrected chi connectivity index (χ2v) is 4.48. The van der Waals surface area contributed by atoms with E-state index in [2.05, 4.69) is 20.6 Å². The van der Waals surface area contributed by atoms with Crippen LogP contribution in [0.1, 0.15) is 0 Å². The molecule has 0 aliphatic carbocycles. The van der Waals surface area contributed by atoms with E-state index in [0.29, 0.717) is 18.3 Å². The molecule has 0 saturated carbocycles. The molecular weight excluding hydrogens is 264 g/mol. The Hall–Kier alpha value is -1.99. The number of amides is 2. The third-order valence-corrected chi connectivity index (χ3v) is 3.00. The second-order valence-electron chi connectivity index (χ2n) is 3.63. The summed E-state index contributed by atoms with van der Waals surface area (Å²) in [5, 5.41) is 7.71. The Bertz CT molecular complexity index is 530. The molecule has 6 nitrogen and oxygen atoms in total. The van der Waals surface area contributed by atoms with Crippen LogP contribution in [-0.2, 0) is 4.74 Å². The molecule has 2 aromatic heterocycles. The molecule has 0 fully saturated rings. The summed E-state index contributed by atoms with van der Waals surface area (Å²) < 4.78 is 4.84. The molecule has 2 N–H and O–H groups in total.